The minimum atomic E-state index is 0.505. The molecule has 28 heavy (non-hydrogen) atoms. The second kappa shape index (κ2) is 8.72. The van der Waals surface area contributed by atoms with Crippen LogP contribution in [0.25, 0.3) is 11.1 Å². The normalized spacial score (nSPS) is 14.8. The van der Waals surface area contributed by atoms with Gasteiger partial charge in [-0.2, -0.15) is 20.3 Å². The zero-order valence-corrected chi connectivity index (χ0v) is 15.8. The molecule has 0 unspecified atom stereocenters. The highest BCUT2D eigenvalue weighted by Crippen LogP contribution is 2.26. The fourth-order valence-corrected chi connectivity index (χ4v) is 3.11. The highest BCUT2D eigenvalue weighted by Gasteiger charge is 2.13. The number of anilines is 3. The summed E-state index contributed by atoms with van der Waals surface area (Å²) >= 11 is 0. The summed E-state index contributed by atoms with van der Waals surface area (Å²) in [5.41, 5.74) is 2.69. The standard InChI is InChI=1S/C18H24N10/c1-27-13-14(10-24-27)16-12-21-18(25-15-2-3-22-23-11-15)26-17(16)20-6-9-28-7-4-19-5-8-28/h2-3,10-13,19H,4-9H2,1H3,(H2,20,21,22,25,26). The van der Waals surface area contributed by atoms with Crippen LogP contribution in [0.5, 0.6) is 0 Å². The fourth-order valence-electron chi connectivity index (χ4n) is 3.11. The van der Waals surface area contributed by atoms with E-state index in [4.69, 9.17) is 0 Å². The molecule has 10 nitrogen and oxygen atoms in total. The van der Waals surface area contributed by atoms with Crippen LogP contribution >= 0.6 is 0 Å². The maximum absolute atomic E-state index is 4.69. The van der Waals surface area contributed by atoms with Gasteiger partial charge < -0.3 is 16.0 Å². The van der Waals surface area contributed by atoms with Gasteiger partial charge in [0.25, 0.3) is 0 Å². The lowest BCUT2D eigenvalue weighted by Crippen LogP contribution is -2.45. The lowest BCUT2D eigenvalue weighted by molar-refractivity contribution is 0.249. The smallest absolute Gasteiger partial charge is 0.229 e. The summed E-state index contributed by atoms with van der Waals surface area (Å²) in [7, 11) is 1.90. The molecule has 0 bridgehead atoms. The third-order valence-electron chi connectivity index (χ3n) is 4.58. The van der Waals surface area contributed by atoms with Crippen LogP contribution in [0, 0.1) is 0 Å². The average Bonchev–Trinajstić information content (AvgIpc) is 3.16. The molecule has 0 aliphatic carbocycles. The van der Waals surface area contributed by atoms with Gasteiger partial charge >= 0.3 is 0 Å². The van der Waals surface area contributed by atoms with E-state index in [-0.39, 0.29) is 0 Å². The summed E-state index contributed by atoms with van der Waals surface area (Å²) < 4.78 is 1.77. The fraction of sp³-hybridized carbons (Fsp3) is 0.389. The predicted octanol–water partition coefficient (Wildman–Crippen LogP) is 0.728. The van der Waals surface area contributed by atoms with Gasteiger partial charge in [-0.3, -0.25) is 9.58 Å². The lowest BCUT2D eigenvalue weighted by atomic mass is 10.2. The number of aromatic nitrogens is 6. The van der Waals surface area contributed by atoms with Crippen molar-refractivity contribution in [3.63, 3.8) is 0 Å². The second-order valence-electron chi connectivity index (χ2n) is 6.63. The molecule has 1 fully saturated rings. The van der Waals surface area contributed by atoms with Crippen LogP contribution in [0.4, 0.5) is 17.5 Å². The third kappa shape index (κ3) is 4.59. The van der Waals surface area contributed by atoms with Gasteiger partial charge in [-0.05, 0) is 6.07 Å². The molecule has 1 saturated heterocycles. The Kier molecular flexibility index (Phi) is 5.69. The number of nitrogens with zero attached hydrogens (tertiary/aromatic N) is 7. The van der Waals surface area contributed by atoms with Gasteiger partial charge in [-0.25, -0.2) is 4.98 Å². The molecule has 3 aromatic rings. The van der Waals surface area contributed by atoms with E-state index in [1.807, 2.05) is 31.7 Å². The quantitative estimate of drug-likeness (QED) is 0.546. The predicted molar refractivity (Wildman–Crippen MR) is 107 cm³/mol. The van der Waals surface area contributed by atoms with Crippen molar-refractivity contribution in [1.82, 2.24) is 40.2 Å². The maximum atomic E-state index is 4.69. The zero-order valence-electron chi connectivity index (χ0n) is 15.8. The van der Waals surface area contributed by atoms with E-state index in [1.54, 1.807) is 17.1 Å². The third-order valence-corrected chi connectivity index (χ3v) is 4.58. The Hall–Kier alpha value is -3.11. The van der Waals surface area contributed by atoms with Crippen LogP contribution in [0.1, 0.15) is 0 Å². The molecule has 1 aliphatic heterocycles. The van der Waals surface area contributed by atoms with Gasteiger partial charge in [0.15, 0.2) is 0 Å². The summed E-state index contributed by atoms with van der Waals surface area (Å²) in [6, 6.07) is 1.82. The monoisotopic (exact) mass is 380 g/mol. The first-order valence-corrected chi connectivity index (χ1v) is 9.35. The Bertz CT molecular complexity index is 888. The first-order valence-electron chi connectivity index (χ1n) is 9.35. The van der Waals surface area contributed by atoms with E-state index in [0.717, 1.165) is 61.9 Å². The van der Waals surface area contributed by atoms with E-state index >= 15 is 0 Å². The van der Waals surface area contributed by atoms with Crippen molar-refractivity contribution in [3.8, 4) is 11.1 Å². The second-order valence-corrected chi connectivity index (χ2v) is 6.63. The molecule has 0 spiro atoms. The minimum Gasteiger partial charge on any atom is -0.368 e. The van der Waals surface area contributed by atoms with E-state index in [1.165, 1.54) is 0 Å². The summed E-state index contributed by atoms with van der Waals surface area (Å²) in [6.45, 7) is 6.01. The van der Waals surface area contributed by atoms with E-state index in [2.05, 4.69) is 46.1 Å². The molecule has 0 atom stereocenters. The van der Waals surface area contributed by atoms with Crippen LogP contribution in [0.15, 0.2) is 37.1 Å². The Morgan fingerprint density at radius 2 is 2.04 bits per heavy atom. The highest BCUT2D eigenvalue weighted by atomic mass is 15.2. The van der Waals surface area contributed by atoms with Crippen LogP contribution in [-0.2, 0) is 7.05 Å². The molecule has 3 N–H and O–H groups in total. The van der Waals surface area contributed by atoms with Crippen LogP contribution in [-0.4, -0.2) is 74.1 Å². The zero-order chi connectivity index (χ0) is 19.2. The molecule has 0 aromatic carbocycles. The summed E-state index contributed by atoms with van der Waals surface area (Å²) in [5, 5.41) is 21.9. The molecule has 0 amide bonds. The van der Waals surface area contributed by atoms with Crippen molar-refractivity contribution in [2.45, 2.75) is 0 Å². The Balaban J connectivity index is 1.51. The summed E-state index contributed by atoms with van der Waals surface area (Å²) in [4.78, 5) is 11.6. The molecular weight excluding hydrogens is 356 g/mol. The lowest BCUT2D eigenvalue weighted by Gasteiger charge is -2.27. The van der Waals surface area contributed by atoms with E-state index in [9.17, 15) is 0 Å². The molecule has 1 aliphatic rings. The summed E-state index contributed by atoms with van der Waals surface area (Å²) in [5.74, 6) is 1.29. The van der Waals surface area contributed by atoms with Gasteiger partial charge in [0, 0.05) is 69.8 Å². The van der Waals surface area contributed by atoms with Gasteiger partial charge in [-0.1, -0.05) is 0 Å². The first kappa shape index (κ1) is 18.3. The molecule has 10 heteroatoms. The number of hydrogen-bond donors (Lipinski definition) is 3. The van der Waals surface area contributed by atoms with Gasteiger partial charge in [0.2, 0.25) is 5.95 Å². The topological polar surface area (TPSA) is 109 Å². The Morgan fingerprint density at radius 3 is 2.79 bits per heavy atom. The van der Waals surface area contributed by atoms with Crippen molar-refractivity contribution in [2.75, 3.05) is 49.9 Å². The summed E-state index contributed by atoms with van der Waals surface area (Å²) in [6.07, 6.45) is 8.85. The van der Waals surface area contributed by atoms with Crippen molar-refractivity contribution in [2.24, 2.45) is 7.05 Å². The average molecular weight is 380 g/mol. The molecule has 4 heterocycles. The van der Waals surface area contributed by atoms with E-state index < -0.39 is 0 Å². The van der Waals surface area contributed by atoms with Gasteiger partial charge in [0.1, 0.15) is 5.82 Å². The van der Waals surface area contributed by atoms with Crippen molar-refractivity contribution >= 4 is 17.5 Å². The number of nitrogens with one attached hydrogen (secondary N) is 3. The molecular formula is C18H24N10. The van der Waals surface area contributed by atoms with Crippen molar-refractivity contribution in [3.05, 3.63) is 37.1 Å². The number of aryl methyl sites for hydroxylation is 1. The van der Waals surface area contributed by atoms with Crippen LogP contribution in [0.2, 0.25) is 0 Å². The molecule has 146 valence electrons. The maximum Gasteiger partial charge on any atom is 0.229 e. The molecule has 3 aromatic heterocycles. The van der Waals surface area contributed by atoms with E-state index in [0.29, 0.717) is 5.95 Å². The Morgan fingerprint density at radius 1 is 1.14 bits per heavy atom. The SMILES string of the molecule is Cn1cc(-c2cnc(Nc3ccnnc3)nc2NCCN2CCNCC2)cn1. The minimum absolute atomic E-state index is 0.505. The number of hydrogen-bond acceptors (Lipinski definition) is 9. The van der Waals surface area contributed by atoms with Crippen LogP contribution in [0.3, 0.4) is 0 Å². The van der Waals surface area contributed by atoms with Crippen molar-refractivity contribution < 1.29 is 0 Å². The Labute approximate surface area is 163 Å². The van der Waals surface area contributed by atoms with Crippen molar-refractivity contribution in [1.29, 1.82) is 0 Å². The highest BCUT2D eigenvalue weighted by molar-refractivity contribution is 5.74. The largest absolute Gasteiger partial charge is 0.368 e. The van der Waals surface area contributed by atoms with Gasteiger partial charge in [-0.15, -0.1) is 0 Å². The van der Waals surface area contributed by atoms with Crippen LogP contribution < -0.4 is 16.0 Å². The number of piperazine rings is 1. The molecule has 0 saturated carbocycles. The van der Waals surface area contributed by atoms with Gasteiger partial charge in [0.05, 0.1) is 24.3 Å². The molecule has 0 radical (unpaired) electrons. The number of rotatable bonds is 7. The first-order chi connectivity index (χ1) is 13.8. The molecule has 4 rings (SSSR count).